The van der Waals surface area contributed by atoms with Crippen molar-refractivity contribution in [2.75, 3.05) is 0 Å². The van der Waals surface area contributed by atoms with Crippen LogP contribution in [0.5, 0.6) is 0 Å². The van der Waals surface area contributed by atoms with Gasteiger partial charge in [0.1, 0.15) is 0 Å². The Morgan fingerprint density at radius 3 is 2.38 bits per heavy atom. The molecule has 1 aromatic heterocycles. The zero-order valence-corrected chi connectivity index (χ0v) is 8.73. The molecule has 0 saturated carbocycles. The van der Waals surface area contributed by atoms with Gasteiger partial charge in [-0.3, -0.25) is 4.68 Å². The Kier molecular flexibility index (Phi) is 3.03. The van der Waals surface area contributed by atoms with E-state index >= 15 is 0 Å². The summed E-state index contributed by atoms with van der Waals surface area (Å²) in [4.78, 5) is 0. The molecule has 2 unspecified atom stereocenters. The third kappa shape index (κ3) is 2.06. The molecular weight excluding hydrogens is 164 g/mol. The van der Waals surface area contributed by atoms with E-state index in [1.165, 1.54) is 0 Å². The van der Waals surface area contributed by atoms with Crippen molar-refractivity contribution < 1.29 is 0 Å². The van der Waals surface area contributed by atoms with Crippen LogP contribution >= 0.6 is 0 Å². The van der Waals surface area contributed by atoms with E-state index in [9.17, 15) is 0 Å². The summed E-state index contributed by atoms with van der Waals surface area (Å²) in [6.45, 7) is 6.50. The first-order valence-electron chi connectivity index (χ1n) is 4.64. The summed E-state index contributed by atoms with van der Waals surface area (Å²) in [5.41, 5.74) is 7.09. The summed E-state index contributed by atoms with van der Waals surface area (Å²) in [5, 5.41) is 7.68. The molecule has 0 radical (unpaired) electrons. The molecule has 1 heterocycles. The number of aryl methyl sites for hydroxylation is 1. The molecule has 2 atom stereocenters. The Labute approximate surface area is 79.1 Å². The summed E-state index contributed by atoms with van der Waals surface area (Å²) in [5.74, 6) is 1.02. The normalized spacial score (nSPS) is 16.2. The van der Waals surface area contributed by atoms with E-state index < -0.39 is 0 Å². The lowest BCUT2D eigenvalue weighted by Crippen LogP contribution is -2.25. The minimum Gasteiger partial charge on any atom is -0.322 e. The van der Waals surface area contributed by atoms with Gasteiger partial charge in [-0.2, -0.15) is 0 Å². The largest absolute Gasteiger partial charge is 0.322 e. The van der Waals surface area contributed by atoms with E-state index in [2.05, 4.69) is 31.1 Å². The molecule has 0 fully saturated rings. The van der Waals surface area contributed by atoms with Crippen LogP contribution in [0, 0.1) is 11.8 Å². The summed E-state index contributed by atoms with van der Waals surface area (Å²) < 4.78 is 1.74. The zero-order chi connectivity index (χ0) is 10.0. The molecule has 0 aliphatic rings. The van der Waals surface area contributed by atoms with Crippen LogP contribution in [-0.4, -0.2) is 15.0 Å². The fourth-order valence-electron chi connectivity index (χ4n) is 1.28. The van der Waals surface area contributed by atoms with Crippen LogP contribution in [0.4, 0.5) is 0 Å². The van der Waals surface area contributed by atoms with Gasteiger partial charge in [0.25, 0.3) is 0 Å². The SMILES string of the molecule is CC(C)C(C)C(N)c1cnnn1C. The monoisotopic (exact) mass is 182 g/mol. The van der Waals surface area contributed by atoms with Crippen LogP contribution in [0.3, 0.4) is 0 Å². The summed E-state index contributed by atoms with van der Waals surface area (Å²) in [6.07, 6.45) is 1.74. The van der Waals surface area contributed by atoms with Gasteiger partial charge in [0.15, 0.2) is 0 Å². The third-order valence-electron chi connectivity index (χ3n) is 2.71. The van der Waals surface area contributed by atoms with Crippen molar-refractivity contribution in [3.63, 3.8) is 0 Å². The van der Waals surface area contributed by atoms with E-state index in [0.717, 1.165) is 5.69 Å². The number of rotatable bonds is 3. The van der Waals surface area contributed by atoms with Crippen molar-refractivity contribution in [1.82, 2.24) is 15.0 Å². The van der Waals surface area contributed by atoms with E-state index in [0.29, 0.717) is 11.8 Å². The first-order valence-corrected chi connectivity index (χ1v) is 4.64. The smallest absolute Gasteiger partial charge is 0.0753 e. The van der Waals surface area contributed by atoms with Crippen molar-refractivity contribution in [3.8, 4) is 0 Å². The molecule has 1 rings (SSSR count). The fraction of sp³-hybridized carbons (Fsp3) is 0.778. The molecule has 0 aliphatic carbocycles. The highest BCUT2D eigenvalue weighted by Gasteiger charge is 2.20. The van der Waals surface area contributed by atoms with E-state index in [1.807, 2.05) is 7.05 Å². The van der Waals surface area contributed by atoms with Gasteiger partial charge in [-0.15, -0.1) is 5.10 Å². The lowest BCUT2D eigenvalue weighted by molar-refractivity contribution is 0.340. The number of nitrogens with two attached hydrogens (primary N) is 1. The van der Waals surface area contributed by atoms with E-state index in [-0.39, 0.29) is 6.04 Å². The number of nitrogens with zero attached hydrogens (tertiary/aromatic N) is 3. The maximum atomic E-state index is 6.08. The molecule has 0 saturated heterocycles. The second-order valence-electron chi connectivity index (χ2n) is 3.91. The Bertz CT molecular complexity index is 266. The molecule has 0 amide bonds. The van der Waals surface area contributed by atoms with Gasteiger partial charge < -0.3 is 5.73 Å². The van der Waals surface area contributed by atoms with Gasteiger partial charge in [-0.05, 0) is 11.8 Å². The van der Waals surface area contributed by atoms with Gasteiger partial charge in [-0.25, -0.2) is 0 Å². The van der Waals surface area contributed by atoms with Crippen LogP contribution in [0.2, 0.25) is 0 Å². The second-order valence-corrected chi connectivity index (χ2v) is 3.91. The molecule has 0 spiro atoms. The molecule has 4 nitrogen and oxygen atoms in total. The molecule has 2 N–H and O–H groups in total. The standard InChI is InChI=1S/C9H18N4/c1-6(2)7(3)9(10)8-5-11-12-13(8)4/h5-7,9H,10H2,1-4H3. The van der Waals surface area contributed by atoms with Crippen LogP contribution in [-0.2, 0) is 7.05 Å². The van der Waals surface area contributed by atoms with E-state index in [4.69, 9.17) is 5.73 Å². The van der Waals surface area contributed by atoms with Gasteiger partial charge in [0.2, 0.25) is 0 Å². The summed E-state index contributed by atoms with van der Waals surface area (Å²) in [7, 11) is 1.87. The third-order valence-corrected chi connectivity index (χ3v) is 2.71. The van der Waals surface area contributed by atoms with Gasteiger partial charge in [0.05, 0.1) is 17.9 Å². The molecule has 13 heavy (non-hydrogen) atoms. The van der Waals surface area contributed by atoms with Gasteiger partial charge in [-0.1, -0.05) is 26.0 Å². The maximum absolute atomic E-state index is 6.08. The Balaban J connectivity index is 2.79. The van der Waals surface area contributed by atoms with Crippen molar-refractivity contribution in [1.29, 1.82) is 0 Å². The fourth-order valence-corrected chi connectivity index (χ4v) is 1.28. The minimum atomic E-state index is 0.0278. The molecular formula is C9H18N4. The molecule has 74 valence electrons. The molecule has 0 bridgehead atoms. The first kappa shape index (κ1) is 10.2. The first-order chi connectivity index (χ1) is 6.04. The van der Waals surface area contributed by atoms with Gasteiger partial charge in [0, 0.05) is 7.05 Å². The van der Waals surface area contributed by atoms with Gasteiger partial charge >= 0.3 is 0 Å². The van der Waals surface area contributed by atoms with Crippen LogP contribution in [0.15, 0.2) is 6.20 Å². The Morgan fingerprint density at radius 1 is 1.38 bits per heavy atom. The molecule has 0 aliphatic heterocycles. The summed E-state index contributed by atoms with van der Waals surface area (Å²) >= 11 is 0. The van der Waals surface area contributed by atoms with Crippen molar-refractivity contribution in [3.05, 3.63) is 11.9 Å². The molecule has 4 heteroatoms. The predicted octanol–water partition coefficient (Wildman–Crippen LogP) is 1.11. The Hall–Kier alpha value is -0.900. The van der Waals surface area contributed by atoms with Crippen LogP contribution in [0.1, 0.15) is 32.5 Å². The van der Waals surface area contributed by atoms with E-state index in [1.54, 1.807) is 10.9 Å². The highest BCUT2D eigenvalue weighted by Crippen LogP contribution is 2.23. The highest BCUT2D eigenvalue weighted by atomic mass is 15.4. The predicted molar refractivity (Wildman–Crippen MR) is 51.9 cm³/mol. The number of hydrogen-bond acceptors (Lipinski definition) is 3. The van der Waals surface area contributed by atoms with Crippen LogP contribution in [0.25, 0.3) is 0 Å². The number of hydrogen-bond donors (Lipinski definition) is 1. The lowest BCUT2D eigenvalue weighted by Gasteiger charge is -2.22. The lowest BCUT2D eigenvalue weighted by atomic mass is 9.89. The average molecular weight is 182 g/mol. The summed E-state index contributed by atoms with van der Waals surface area (Å²) in [6, 6.07) is 0.0278. The molecule has 1 aromatic rings. The average Bonchev–Trinajstić information content (AvgIpc) is 2.48. The quantitative estimate of drug-likeness (QED) is 0.761. The molecule has 0 aromatic carbocycles. The zero-order valence-electron chi connectivity index (χ0n) is 8.73. The van der Waals surface area contributed by atoms with Crippen molar-refractivity contribution in [2.24, 2.45) is 24.6 Å². The highest BCUT2D eigenvalue weighted by molar-refractivity contribution is 5.02. The Morgan fingerprint density at radius 2 is 2.00 bits per heavy atom. The number of aromatic nitrogens is 3. The van der Waals surface area contributed by atoms with Crippen molar-refractivity contribution in [2.45, 2.75) is 26.8 Å². The maximum Gasteiger partial charge on any atom is 0.0753 e. The minimum absolute atomic E-state index is 0.0278. The van der Waals surface area contributed by atoms with Crippen molar-refractivity contribution >= 4 is 0 Å². The topological polar surface area (TPSA) is 56.7 Å². The van der Waals surface area contributed by atoms with Crippen LogP contribution < -0.4 is 5.73 Å². The second kappa shape index (κ2) is 3.87.